The fraction of sp³-hybridized carbons (Fsp3) is 0.526. The number of nitrogens with two attached hydrogens (primary N) is 1. The van der Waals surface area contributed by atoms with Crippen LogP contribution in [-0.4, -0.2) is 48.8 Å². The summed E-state index contributed by atoms with van der Waals surface area (Å²) in [6, 6.07) is 7.17. The predicted octanol–water partition coefficient (Wildman–Crippen LogP) is 0.672. The molecule has 1 aromatic carbocycles. The second-order valence-electron chi connectivity index (χ2n) is 7.02. The van der Waals surface area contributed by atoms with E-state index in [0.29, 0.717) is 31.7 Å². The minimum atomic E-state index is -0.146. The van der Waals surface area contributed by atoms with Gasteiger partial charge in [-0.15, -0.1) is 12.4 Å². The largest absolute Gasteiger partial charge is 0.353 e. The summed E-state index contributed by atoms with van der Waals surface area (Å²) in [7, 11) is 0. The Morgan fingerprint density at radius 3 is 2.63 bits per heavy atom. The van der Waals surface area contributed by atoms with Crippen LogP contribution in [0, 0.1) is 11.8 Å². The summed E-state index contributed by atoms with van der Waals surface area (Å²) in [6.45, 7) is 2.10. The molecule has 8 heteroatoms. The molecular weight excluding hydrogens is 368 g/mol. The number of benzene rings is 1. The summed E-state index contributed by atoms with van der Waals surface area (Å²) in [4.78, 5) is 37.7. The first-order chi connectivity index (χ1) is 12.6. The molecule has 27 heavy (non-hydrogen) atoms. The number of amides is 3. The Bertz CT molecular complexity index is 680. The molecule has 4 N–H and O–H groups in total. The monoisotopic (exact) mass is 394 g/mol. The van der Waals surface area contributed by atoms with E-state index >= 15 is 0 Å². The number of nitrogens with zero attached hydrogens (tertiary/aromatic N) is 1. The maximum Gasteiger partial charge on any atom is 0.254 e. The molecule has 1 saturated heterocycles. The van der Waals surface area contributed by atoms with Crippen molar-refractivity contribution in [2.75, 3.05) is 26.2 Å². The molecule has 2 aliphatic rings. The van der Waals surface area contributed by atoms with Gasteiger partial charge in [0.05, 0.1) is 6.54 Å². The molecule has 0 aromatic heterocycles. The molecule has 2 fully saturated rings. The number of rotatable bonds is 5. The number of halogens is 1. The van der Waals surface area contributed by atoms with Gasteiger partial charge in [-0.3, -0.25) is 14.4 Å². The Kier molecular flexibility index (Phi) is 7.62. The van der Waals surface area contributed by atoms with Crippen LogP contribution in [0.25, 0.3) is 0 Å². The summed E-state index contributed by atoms with van der Waals surface area (Å²) in [6.07, 6.45) is 3.00. The molecule has 1 heterocycles. The van der Waals surface area contributed by atoms with Crippen molar-refractivity contribution in [1.29, 1.82) is 0 Å². The number of carbonyl (C=O) groups excluding carboxylic acids is 3. The van der Waals surface area contributed by atoms with Crippen molar-refractivity contribution >= 4 is 30.1 Å². The van der Waals surface area contributed by atoms with E-state index in [0.717, 1.165) is 24.8 Å². The third-order valence-electron chi connectivity index (χ3n) is 5.29. The molecule has 1 saturated carbocycles. The lowest BCUT2D eigenvalue weighted by molar-refractivity contribution is -0.126. The summed E-state index contributed by atoms with van der Waals surface area (Å²) < 4.78 is 0. The molecular formula is C19H27ClN4O3. The van der Waals surface area contributed by atoms with Gasteiger partial charge >= 0.3 is 0 Å². The van der Waals surface area contributed by atoms with E-state index in [-0.39, 0.29) is 48.5 Å². The maximum absolute atomic E-state index is 12.4. The fourth-order valence-electron chi connectivity index (χ4n) is 3.74. The van der Waals surface area contributed by atoms with Gasteiger partial charge in [0.1, 0.15) is 0 Å². The van der Waals surface area contributed by atoms with Crippen molar-refractivity contribution in [3.05, 3.63) is 35.4 Å². The topological polar surface area (TPSA) is 105 Å². The first-order valence-electron chi connectivity index (χ1n) is 9.21. The van der Waals surface area contributed by atoms with Crippen LogP contribution in [0.5, 0.6) is 0 Å². The third-order valence-corrected chi connectivity index (χ3v) is 5.29. The van der Waals surface area contributed by atoms with Crippen molar-refractivity contribution in [1.82, 2.24) is 15.5 Å². The van der Waals surface area contributed by atoms with E-state index in [1.54, 1.807) is 17.0 Å². The highest BCUT2D eigenvalue weighted by Gasteiger charge is 2.31. The van der Waals surface area contributed by atoms with Crippen LogP contribution >= 0.6 is 12.4 Å². The quantitative estimate of drug-likeness (QED) is 0.682. The summed E-state index contributed by atoms with van der Waals surface area (Å²) in [5, 5.41) is 5.68. The average Bonchev–Trinajstić information content (AvgIpc) is 3.15. The van der Waals surface area contributed by atoms with Gasteiger partial charge in [0.25, 0.3) is 5.91 Å². The van der Waals surface area contributed by atoms with Gasteiger partial charge in [0.15, 0.2) is 0 Å². The van der Waals surface area contributed by atoms with Gasteiger partial charge in [-0.25, -0.2) is 0 Å². The lowest BCUT2D eigenvalue weighted by Gasteiger charge is -2.26. The molecule has 2 atom stereocenters. The van der Waals surface area contributed by atoms with Crippen molar-refractivity contribution in [2.24, 2.45) is 17.6 Å². The fourth-order valence-corrected chi connectivity index (χ4v) is 3.74. The number of carbonyl (C=O) groups is 3. The summed E-state index contributed by atoms with van der Waals surface area (Å²) in [5.74, 6) is 0.0964. The van der Waals surface area contributed by atoms with E-state index in [1.807, 2.05) is 12.1 Å². The normalized spacial score (nSPS) is 22.0. The molecule has 7 nitrogen and oxygen atoms in total. The molecule has 0 bridgehead atoms. The first kappa shape index (κ1) is 21.2. The number of piperazine rings is 1. The lowest BCUT2D eigenvalue weighted by atomic mass is 9.95. The van der Waals surface area contributed by atoms with Crippen molar-refractivity contribution in [3.8, 4) is 0 Å². The Morgan fingerprint density at radius 2 is 1.96 bits per heavy atom. The van der Waals surface area contributed by atoms with E-state index in [1.165, 1.54) is 0 Å². The number of hydrogen-bond donors (Lipinski definition) is 3. The van der Waals surface area contributed by atoms with Gasteiger partial charge in [0.2, 0.25) is 11.8 Å². The van der Waals surface area contributed by atoms with Crippen molar-refractivity contribution in [2.45, 2.75) is 25.8 Å². The minimum absolute atomic E-state index is 0. The van der Waals surface area contributed by atoms with Gasteiger partial charge < -0.3 is 21.3 Å². The SMILES string of the molecule is Cl.NC[C@H]1CCC[C@H]1C(=O)NCc1ccc(C(=O)N2CCNC(=O)C2)cc1. The average molecular weight is 395 g/mol. The highest BCUT2D eigenvalue weighted by atomic mass is 35.5. The van der Waals surface area contributed by atoms with Crippen LogP contribution in [0.1, 0.15) is 35.2 Å². The minimum Gasteiger partial charge on any atom is -0.353 e. The summed E-state index contributed by atoms with van der Waals surface area (Å²) in [5.41, 5.74) is 7.23. The highest BCUT2D eigenvalue weighted by molar-refractivity contribution is 5.97. The highest BCUT2D eigenvalue weighted by Crippen LogP contribution is 2.30. The smallest absolute Gasteiger partial charge is 0.254 e. The number of hydrogen-bond acceptors (Lipinski definition) is 4. The molecule has 1 aliphatic heterocycles. The van der Waals surface area contributed by atoms with Gasteiger partial charge in [-0.1, -0.05) is 18.6 Å². The molecule has 3 rings (SSSR count). The number of nitrogens with one attached hydrogen (secondary N) is 2. The van der Waals surface area contributed by atoms with Crippen LogP contribution in [0.4, 0.5) is 0 Å². The second kappa shape index (κ2) is 9.71. The standard InChI is InChI=1S/C19H26N4O3.ClH/c20-10-15-2-1-3-16(15)18(25)22-11-13-4-6-14(7-5-13)19(26)23-9-8-21-17(24)12-23;/h4-7,15-16H,1-3,8-12,20H2,(H,21,24)(H,22,25);1H/t15-,16-;/m1./s1. The van der Waals surface area contributed by atoms with Crippen molar-refractivity contribution in [3.63, 3.8) is 0 Å². The van der Waals surface area contributed by atoms with E-state index in [2.05, 4.69) is 10.6 Å². The Labute approximate surface area is 165 Å². The molecule has 0 spiro atoms. The molecule has 0 unspecified atom stereocenters. The van der Waals surface area contributed by atoms with Crippen LogP contribution in [0.15, 0.2) is 24.3 Å². The van der Waals surface area contributed by atoms with Gasteiger partial charge in [-0.2, -0.15) is 0 Å². The Morgan fingerprint density at radius 1 is 1.22 bits per heavy atom. The van der Waals surface area contributed by atoms with E-state index in [4.69, 9.17) is 5.73 Å². The lowest BCUT2D eigenvalue weighted by Crippen LogP contribution is -2.49. The molecule has 1 aromatic rings. The zero-order chi connectivity index (χ0) is 18.5. The van der Waals surface area contributed by atoms with Gasteiger partial charge in [-0.05, 0) is 43.0 Å². The third kappa shape index (κ3) is 5.20. The summed E-state index contributed by atoms with van der Waals surface area (Å²) >= 11 is 0. The predicted molar refractivity (Wildman–Crippen MR) is 104 cm³/mol. The molecule has 1 aliphatic carbocycles. The molecule has 0 radical (unpaired) electrons. The van der Waals surface area contributed by atoms with Gasteiger partial charge in [0, 0.05) is 31.1 Å². The van der Waals surface area contributed by atoms with Crippen LogP contribution < -0.4 is 16.4 Å². The van der Waals surface area contributed by atoms with Crippen LogP contribution in [-0.2, 0) is 16.1 Å². The van der Waals surface area contributed by atoms with E-state index < -0.39 is 0 Å². The first-order valence-corrected chi connectivity index (χ1v) is 9.21. The zero-order valence-electron chi connectivity index (χ0n) is 15.3. The van der Waals surface area contributed by atoms with Crippen LogP contribution in [0.2, 0.25) is 0 Å². The van der Waals surface area contributed by atoms with E-state index in [9.17, 15) is 14.4 Å². The maximum atomic E-state index is 12.4. The Balaban J connectivity index is 0.00000261. The molecule has 3 amide bonds. The van der Waals surface area contributed by atoms with Crippen molar-refractivity contribution < 1.29 is 14.4 Å². The Hall–Kier alpha value is -2.12. The second-order valence-corrected chi connectivity index (χ2v) is 7.02. The zero-order valence-corrected chi connectivity index (χ0v) is 16.1. The van der Waals surface area contributed by atoms with Crippen LogP contribution in [0.3, 0.4) is 0 Å². The molecule has 148 valence electrons.